The number of hydrogen-bond acceptors (Lipinski definition) is 3. The number of hydrogen-bond donors (Lipinski definition) is 1. The molecule has 2 aliphatic rings. The molecule has 2 rings (SSSR count). The molecule has 2 unspecified atom stereocenters. The summed E-state index contributed by atoms with van der Waals surface area (Å²) in [5.41, 5.74) is 0. The molecule has 1 saturated heterocycles. The monoisotopic (exact) mass is 268 g/mol. The molecule has 0 aromatic carbocycles. The van der Waals surface area contributed by atoms with Crippen molar-refractivity contribution < 1.29 is 4.74 Å². The van der Waals surface area contributed by atoms with Crippen LogP contribution in [-0.2, 0) is 4.74 Å². The van der Waals surface area contributed by atoms with Gasteiger partial charge in [-0.25, -0.2) is 0 Å². The largest absolute Gasteiger partial charge is 0.379 e. The Morgan fingerprint density at radius 3 is 2.58 bits per heavy atom. The van der Waals surface area contributed by atoms with Gasteiger partial charge in [-0.2, -0.15) is 0 Å². The van der Waals surface area contributed by atoms with Gasteiger partial charge in [0.15, 0.2) is 0 Å². The molecule has 1 saturated carbocycles. The molecule has 3 heteroatoms. The third-order valence-corrected chi connectivity index (χ3v) is 4.57. The fraction of sp³-hybridized carbons (Fsp3) is 1.00. The van der Waals surface area contributed by atoms with Crippen molar-refractivity contribution in [3.8, 4) is 0 Å². The van der Waals surface area contributed by atoms with E-state index >= 15 is 0 Å². The highest BCUT2D eigenvalue weighted by atomic mass is 16.5. The fourth-order valence-electron chi connectivity index (χ4n) is 3.68. The summed E-state index contributed by atoms with van der Waals surface area (Å²) in [5, 5.41) is 3.59. The van der Waals surface area contributed by atoms with Gasteiger partial charge in [-0.1, -0.05) is 33.6 Å². The van der Waals surface area contributed by atoms with Crippen LogP contribution in [0, 0.1) is 11.8 Å². The lowest BCUT2D eigenvalue weighted by molar-refractivity contribution is 0.130. The van der Waals surface area contributed by atoms with Gasteiger partial charge in [-0.3, -0.25) is 4.90 Å². The fourth-order valence-corrected chi connectivity index (χ4v) is 3.68. The number of ether oxygens (including phenoxy) is 1. The minimum atomic E-state index is 0.570. The lowest BCUT2D eigenvalue weighted by atomic mass is 10.0. The Bertz CT molecular complexity index is 251. The maximum Gasteiger partial charge on any atom is 0.0623 e. The third-order valence-electron chi connectivity index (χ3n) is 4.57. The molecular weight excluding hydrogens is 236 g/mol. The predicted molar refractivity (Wildman–Crippen MR) is 80.4 cm³/mol. The van der Waals surface area contributed by atoms with E-state index in [1.54, 1.807) is 0 Å². The van der Waals surface area contributed by atoms with Gasteiger partial charge in [0.05, 0.1) is 13.2 Å². The highest BCUT2D eigenvalue weighted by Gasteiger charge is 2.32. The zero-order valence-electron chi connectivity index (χ0n) is 13.0. The van der Waals surface area contributed by atoms with Crippen molar-refractivity contribution in [2.24, 2.45) is 11.8 Å². The Balaban J connectivity index is 1.90. The van der Waals surface area contributed by atoms with Crippen molar-refractivity contribution in [3.05, 3.63) is 0 Å². The van der Waals surface area contributed by atoms with E-state index in [0.717, 1.165) is 31.7 Å². The highest BCUT2D eigenvalue weighted by Crippen LogP contribution is 2.26. The van der Waals surface area contributed by atoms with Crippen LogP contribution in [0.4, 0.5) is 0 Å². The van der Waals surface area contributed by atoms with Gasteiger partial charge in [0.25, 0.3) is 0 Å². The van der Waals surface area contributed by atoms with Crippen LogP contribution < -0.4 is 5.32 Å². The average molecular weight is 268 g/mol. The second-order valence-corrected chi connectivity index (χ2v) is 6.75. The molecule has 2 atom stereocenters. The first-order valence-electron chi connectivity index (χ1n) is 8.25. The summed E-state index contributed by atoms with van der Waals surface area (Å²) in [7, 11) is 0. The highest BCUT2D eigenvalue weighted by molar-refractivity contribution is 4.87. The zero-order valence-corrected chi connectivity index (χ0v) is 13.0. The molecule has 0 aromatic heterocycles. The lowest BCUT2D eigenvalue weighted by Crippen LogP contribution is -2.45. The Labute approximate surface area is 119 Å². The van der Waals surface area contributed by atoms with E-state index in [9.17, 15) is 0 Å². The van der Waals surface area contributed by atoms with E-state index < -0.39 is 0 Å². The molecule has 1 N–H and O–H groups in total. The number of nitrogens with one attached hydrogen (secondary N) is 1. The van der Waals surface area contributed by atoms with E-state index in [-0.39, 0.29) is 0 Å². The second kappa shape index (κ2) is 7.61. The molecule has 1 aliphatic heterocycles. The summed E-state index contributed by atoms with van der Waals surface area (Å²) >= 11 is 0. The second-order valence-electron chi connectivity index (χ2n) is 6.75. The summed E-state index contributed by atoms with van der Waals surface area (Å²) in [4.78, 5) is 2.77. The summed E-state index contributed by atoms with van der Waals surface area (Å²) in [6.07, 6.45) is 5.67. The average Bonchev–Trinajstić information content (AvgIpc) is 3.00. The minimum absolute atomic E-state index is 0.570. The van der Waals surface area contributed by atoms with Crippen molar-refractivity contribution in [2.45, 2.75) is 58.5 Å². The van der Waals surface area contributed by atoms with Crippen LogP contribution in [0.2, 0.25) is 0 Å². The Morgan fingerprint density at radius 2 is 1.95 bits per heavy atom. The molecule has 0 radical (unpaired) electrons. The smallest absolute Gasteiger partial charge is 0.0623 e. The van der Waals surface area contributed by atoms with Crippen LogP contribution in [0.3, 0.4) is 0 Å². The number of nitrogens with zero attached hydrogens (tertiary/aromatic N) is 1. The predicted octanol–water partition coefficient (Wildman–Crippen LogP) is 2.51. The van der Waals surface area contributed by atoms with Gasteiger partial charge in [0.1, 0.15) is 0 Å². The van der Waals surface area contributed by atoms with Gasteiger partial charge < -0.3 is 10.1 Å². The van der Waals surface area contributed by atoms with E-state index in [1.165, 1.54) is 38.8 Å². The van der Waals surface area contributed by atoms with Gasteiger partial charge in [-0.15, -0.1) is 0 Å². The SMILES string of the molecule is CCNC1COCC1CN(CC(C)C)C1CCCC1. The van der Waals surface area contributed by atoms with Crippen molar-refractivity contribution in [1.82, 2.24) is 10.2 Å². The van der Waals surface area contributed by atoms with E-state index in [1.807, 2.05) is 0 Å². The normalized spacial score (nSPS) is 28.9. The van der Waals surface area contributed by atoms with Crippen molar-refractivity contribution >= 4 is 0 Å². The molecular formula is C16H32N2O. The number of rotatable bonds is 7. The first-order valence-corrected chi connectivity index (χ1v) is 8.25. The summed E-state index contributed by atoms with van der Waals surface area (Å²) < 4.78 is 5.70. The molecule has 0 aromatic rings. The van der Waals surface area contributed by atoms with Gasteiger partial charge in [-0.05, 0) is 25.3 Å². The maximum atomic E-state index is 5.70. The minimum Gasteiger partial charge on any atom is -0.379 e. The summed E-state index contributed by atoms with van der Waals surface area (Å²) in [6.45, 7) is 12.2. The Morgan fingerprint density at radius 1 is 1.21 bits per heavy atom. The summed E-state index contributed by atoms with van der Waals surface area (Å²) in [5.74, 6) is 1.44. The molecule has 0 bridgehead atoms. The van der Waals surface area contributed by atoms with Gasteiger partial charge in [0.2, 0.25) is 0 Å². The van der Waals surface area contributed by atoms with Crippen LogP contribution in [0.5, 0.6) is 0 Å². The van der Waals surface area contributed by atoms with Gasteiger partial charge in [0, 0.05) is 31.1 Å². The van der Waals surface area contributed by atoms with Crippen LogP contribution >= 0.6 is 0 Å². The summed E-state index contributed by atoms with van der Waals surface area (Å²) in [6, 6.07) is 1.41. The number of likely N-dealkylation sites (N-methyl/N-ethyl adjacent to an activating group) is 1. The van der Waals surface area contributed by atoms with Crippen LogP contribution in [0.1, 0.15) is 46.5 Å². The quantitative estimate of drug-likeness (QED) is 0.768. The van der Waals surface area contributed by atoms with E-state index in [4.69, 9.17) is 4.74 Å². The standard InChI is InChI=1S/C16H32N2O/c1-4-17-16-12-19-11-14(16)10-18(9-13(2)3)15-7-5-6-8-15/h13-17H,4-12H2,1-3H3. The first kappa shape index (κ1) is 15.3. The van der Waals surface area contributed by atoms with E-state index in [0.29, 0.717) is 12.0 Å². The molecule has 19 heavy (non-hydrogen) atoms. The van der Waals surface area contributed by atoms with Crippen LogP contribution in [0.15, 0.2) is 0 Å². The van der Waals surface area contributed by atoms with E-state index in [2.05, 4.69) is 31.0 Å². The maximum absolute atomic E-state index is 5.70. The molecule has 112 valence electrons. The zero-order chi connectivity index (χ0) is 13.7. The Hall–Kier alpha value is -0.120. The molecule has 0 spiro atoms. The van der Waals surface area contributed by atoms with Crippen molar-refractivity contribution in [2.75, 3.05) is 32.8 Å². The first-order chi connectivity index (χ1) is 9.20. The van der Waals surface area contributed by atoms with Gasteiger partial charge >= 0.3 is 0 Å². The molecule has 1 aliphatic carbocycles. The Kier molecular flexibility index (Phi) is 6.11. The van der Waals surface area contributed by atoms with Crippen molar-refractivity contribution in [1.29, 1.82) is 0 Å². The topological polar surface area (TPSA) is 24.5 Å². The molecule has 0 amide bonds. The molecule has 3 nitrogen and oxygen atoms in total. The molecule has 1 heterocycles. The van der Waals surface area contributed by atoms with Crippen LogP contribution in [-0.4, -0.2) is 49.8 Å². The van der Waals surface area contributed by atoms with Crippen LogP contribution in [0.25, 0.3) is 0 Å². The lowest BCUT2D eigenvalue weighted by Gasteiger charge is -2.34. The third kappa shape index (κ3) is 4.44. The van der Waals surface area contributed by atoms with Crippen molar-refractivity contribution in [3.63, 3.8) is 0 Å². The molecule has 2 fully saturated rings.